The van der Waals surface area contributed by atoms with Crippen LogP contribution in [0.3, 0.4) is 0 Å². The maximum Gasteiger partial charge on any atom is 0.272 e. The lowest BCUT2D eigenvalue weighted by Gasteiger charge is -2.32. The Bertz CT molecular complexity index is 1150. The maximum atomic E-state index is 13.8. The summed E-state index contributed by atoms with van der Waals surface area (Å²) in [6.07, 6.45) is 3.42. The summed E-state index contributed by atoms with van der Waals surface area (Å²) in [5.74, 6) is -0.192. The lowest BCUT2D eigenvalue weighted by Crippen LogP contribution is -2.40. The third-order valence-electron chi connectivity index (χ3n) is 5.88. The minimum atomic E-state index is -0.479. The van der Waals surface area contributed by atoms with Crippen molar-refractivity contribution in [2.24, 2.45) is 0 Å². The van der Waals surface area contributed by atoms with Crippen LogP contribution in [0.15, 0.2) is 48.7 Å². The number of piperidine rings is 1. The Morgan fingerprint density at radius 3 is 2.52 bits per heavy atom. The van der Waals surface area contributed by atoms with Crippen LogP contribution in [0.2, 0.25) is 0 Å². The first-order chi connectivity index (χ1) is 15.9. The van der Waals surface area contributed by atoms with Gasteiger partial charge >= 0.3 is 0 Å². The molecule has 1 fully saturated rings. The number of para-hydroxylation sites is 1. The van der Waals surface area contributed by atoms with Gasteiger partial charge in [0.2, 0.25) is 5.91 Å². The van der Waals surface area contributed by atoms with Crippen molar-refractivity contribution >= 4 is 17.5 Å². The van der Waals surface area contributed by atoms with Crippen molar-refractivity contribution in [2.75, 3.05) is 18.4 Å². The number of nitrogens with zero attached hydrogens (tertiary/aromatic N) is 4. The number of carbonyl (C=O) groups excluding carboxylic acids is 2. The molecule has 1 aromatic carbocycles. The third-order valence-corrected chi connectivity index (χ3v) is 5.88. The topological polar surface area (TPSA) is 88.1 Å². The molecular weight excluding hydrogens is 421 g/mol. The second kappa shape index (κ2) is 9.85. The molecule has 0 spiro atoms. The Morgan fingerprint density at radius 2 is 1.82 bits per heavy atom. The fourth-order valence-corrected chi connectivity index (χ4v) is 4.14. The van der Waals surface area contributed by atoms with Crippen molar-refractivity contribution < 1.29 is 14.0 Å². The lowest BCUT2D eigenvalue weighted by atomic mass is 9.96. The van der Waals surface area contributed by atoms with Gasteiger partial charge in [-0.1, -0.05) is 18.2 Å². The van der Waals surface area contributed by atoms with E-state index < -0.39 is 5.82 Å². The largest absolute Gasteiger partial charge is 0.337 e. The zero-order valence-corrected chi connectivity index (χ0v) is 18.7. The van der Waals surface area contributed by atoms with Gasteiger partial charge in [0.05, 0.1) is 12.1 Å². The second-order valence-corrected chi connectivity index (χ2v) is 8.24. The number of hydrogen-bond acceptors (Lipinski definition) is 5. The van der Waals surface area contributed by atoms with E-state index in [0.29, 0.717) is 36.0 Å². The molecule has 3 aromatic rings. The van der Waals surface area contributed by atoms with Gasteiger partial charge in [0, 0.05) is 42.2 Å². The van der Waals surface area contributed by atoms with Gasteiger partial charge in [-0.2, -0.15) is 0 Å². The van der Waals surface area contributed by atoms with Crippen molar-refractivity contribution in [3.63, 3.8) is 0 Å². The van der Waals surface area contributed by atoms with Crippen molar-refractivity contribution in [1.29, 1.82) is 0 Å². The molecule has 8 heteroatoms. The van der Waals surface area contributed by atoms with Crippen molar-refractivity contribution in [3.8, 4) is 0 Å². The lowest BCUT2D eigenvalue weighted by molar-refractivity contribution is -0.115. The number of pyridine rings is 1. The second-order valence-electron chi connectivity index (χ2n) is 8.24. The Labute approximate surface area is 192 Å². The number of hydrogen-bond donors (Lipinski definition) is 1. The van der Waals surface area contributed by atoms with E-state index in [2.05, 4.69) is 20.3 Å². The predicted octanol–water partition coefficient (Wildman–Crippen LogP) is 3.83. The molecule has 1 saturated heterocycles. The van der Waals surface area contributed by atoms with Crippen LogP contribution in [0.25, 0.3) is 0 Å². The summed E-state index contributed by atoms with van der Waals surface area (Å²) in [7, 11) is 0. The molecule has 0 saturated carbocycles. The number of anilines is 1. The summed E-state index contributed by atoms with van der Waals surface area (Å²) in [5.41, 5.74) is 2.74. The first-order valence-corrected chi connectivity index (χ1v) is 11.0. The molecule has 7 nitrogen and oxygen atoms in total. The molecule has 0 radical (unpaired) electrons. The summed E-state index contributed by atoms with van der Waals surface area (Å²) < 4.78 is 13.8. The van der Waals surface area contributed by atoms with Gasteiger partial charge in [-0.3, -0.25) is 14.6 Å². The highest BCUT2D eigenvalue weighted by Crippen LogP contribution is 2.27. The molecule has 1 aliphatic rings. The SMILES string of the molecule is Cc1nc([C@@H]2CCCN(C(=O)c3ccccn3)C2)nc(C)c1CC(=O)Nc1ccccc1F. The standard InChI is InChI=1S/C25H26FN5O2/c1-16-19(14-23(32)30-21-10-4-3-9-20(21)26)17(2)29-24(28-16)18-8-7-13-31(15-18)25(33)22-11-5-6-12-27-22/h3-6,9-12,18H,7-8,13-15H2,1-2H3,(H,30,32)/t18-/m1/s1. The third kappa shape index (κ3) is 5.22. The molecule has 0 bridgehead atoms. The van der Waals surface area contributed by atoms with E-state index in [1.807, 2.05) is 13.8 Å². The molecule has 170 valence electrons. The number of amides is 2. The molecule has 0 unspecified atom stereocenters. The van der Waals surface area contributed by atoms with Gasteiger partial charge in [0.1, 0.15) is 17.3 Å². The number of carbonyl (C=O) groups is 2. The molecule has 1 atom stereocenters. The zero-order chi connectivity index (χ0) is 23.4. The van der Waals surface area contributed by atoms with Crippen LogP contribution in [0, 0.1) is 19.7 Å². The van der Waals surface area contributed by atoms with Crippen LogP contribution in [-0.4, -0.2) is 44.8 Å². The molecule has 3 heterocycles. The molecule has 0 aliphatic carbocycles. The van der Waals surface area contributed by atoms with Gasteiger partial charge in [0.25, 0.3) is 5.91 Å². The summed E-state index contributed by atoms with van der Waals surface area (Å²) in [4.78, 5) is 40.6. The summed E-state index contributed by atoms with van der Waals surface area (Å²) in [5, 5.41) is 2.61. The first kappa shape index (κ1) is 22.5. The Morgan fingerprint density at radius 1 is 1.09 bits per heavy atom. The minimum Gasteiger partial charge on any atom is -0.337 e. The van der Waals surface area contributed by atoms with E-state index in [4.69, 9.17) is 0 Å². The van der Waals surface area contributed by atoms with Gasteiger partial charge in [-0.25, -0.2) is 14.4 Å². The van der Waals surface area contributed by atoms with Crippen molar-refractivity contribution in [2.45, 2.75) is 39.0 Å². The smallest absolute Gasteiger partial charge is 0.272 e. The van der Waals surface area contributed by atoms with E-state index in [0.717, 1.165) is 18.4 Å². The average molecular weight is 448 g/mol. The van der Waals surface area contributed by atoms with Crippen LogP contribution < -0.4 is 5.32 Å². The van der Waals surface area contributed by atoms with Gasteiger partial charge in [0.15, 0.2) is 0 Å². The van der Waals surface area contributed by atoms with E-state index in [-0.39, 0.29) is 29.8 Å². The Balaban J connectivity index is 1.47. The fourth-order valence-electron chi connectivity index (χ4n) is 4.14. The van der Waals surface area contributed by atoms with E-state index in [1.165, 1.54) is 12.1 Å². The zero-order valence-electron chi connectivity index (χ0n) is 18.7. The normalized spacial score (nSPS) is 15.8. The quantitative estimate of drug-likeness (QED) is 0.642. The van der Waals surface area contributed by atoms with Gasteiger partial charge in [-0.05, 0) is 51.0 Å². The molecule has 33 heavy (non-hydrogen) atoms. The Kier molecular flexibility index (Phi) is 6.72. The number of aromatic nitrogens is 3. The van der Waals surface area contributed by atoms with Crippen LogP contribution >= 0.6 is 0 Å². The molecule has 1 aliphatic heterocycles. The first-order valence-electron chi connectivity index (χ1n) is 11.0. The van der Waals surface area contributed by atoms with Crippen molar-refractivity contribution in [1.82, 2.24) is 19.9 Å². The number of benzene rings is 1. The molecule has 2 amide bonds. The fraction of sp³-hybridized carbons (Fsp3) is 0.320. The maximum absolute atomic E-state index is 13.8. The summed E-state index contributed by atoms with van der Waals surface area (Å²) >= 11 is 0. The minimum absolute atomic E-state index is 0.0186. The van der Waals surface area contributed by atoms with Crippen LogP contribution in [-0.2, 0) is 11.2 Å². The highest BCUT2D eigenvalue weighted by atomic mass is 19.1. The van der Waals surface area contributed by atoms with Gasteiger partial charge < -0.3 is 10.2 Å². The molecular formula is C25H26FN5O2. The highest BCUT2D eigenvalue weighted by Gasteiger charge is 2.28. The summed E-state index contributed by atoms with van der Waals surface area (Å²) in [6, 6.07) is 11.4. The predicted molar refractivity (Wildman–Crippen MR) is 122 cm³/mol. The monoisotopic (exact) mass is 447 g/mol. The number of aryl methyl sites for hydroxylation is 2. The van der Waals surface area contributed by atoms with Crippen molar-refractivity contribution in [3.05, 3.63) is 82.9 Å². The van der Waals surface area contributed by atoms with Gasteiger partial charge in [-0.15, -0.1) is 0 Å². The van der Waals surface area contributed by atoms with E-state index in [9.17, 15) is 14.0 Å². The number of nitrogens with one attached hydrogen (secondary N) is 1. The Hall–Kier alpha value is -3.68. The van der Waals surface area contributed by atoms with E-state index >= 15 is 0 Å². The molecule has 1 N–H and O–H groups in total. The van der Waals surface area contributed by atoms with Crippen LogP contribution in [0.4, 0.5) is 10.1 Å². The average Bonchev–Trinajstić information content (AvgIpc) is 2.83. The number of rotatable bonds is 5. The summed E-state index contributed by atoms with van der Waals surface area (Å²) in [6.45, 7) is 4.91. The van der Waals surface area contributed by atoms with Crippen LogP contribution in [0.5, 0.6) is 0 Å². The van der Waals surface area contributed by atoms with E-state index in [1.54, 1.807) is 41.4 Å². The highest BCUT2D eigenvalue weighted by molar-refractivity contribution is 5.93. The number of halogens is 1. The number of likely N-dealkylation sites (tertiary alicyclic amines) is 1. The molecule has 4 rings (SSSR count). The molecule has 2 aromatic heterocycles. The van der Waals surface area contributed by atoms with Crippen LogP contribution in [0.1, 0.15) is 52.0 Å².